The Kier molecular flexibility index (Phi) is 10.4. The third kappa shape index (κ3) is 7.82. The number of likely N-dealkylation sites (tertiary alicyclic amines) is 1. The fourth-order valence-electron chi connectivity index (χ4n) is 6.41. The van der Waals surface area contributed by atoms with Crippen LogP contribution in [0.2, 0.25) is 10.0 Å². The molecule has 2 saturated heterocycles. The van der Waals surface area contributed by atoms with Crippen molar-refractivity contribution in [2.45, 2.75) is 83.0 Å². The summed E-state index contributed by atoms with van der Waals surface area (Å²) in [5.74, 6) is -0.269. The van der Waals surface area contributed by atoms with Gasteiger partial charge in [-0.3, -0.25) is 9.59 Å². The van der Waals surface area contributed by atoms with Crippen LogP contribution < -0.4 is 21.7 Å². The molecule has 2 amide bonds. The highest BCUT2D eigenvalue weighted by Gasteiger charge is 2.56. The molecule has 4 atom stereocenters. The Bertz CT molecular complexity index is 1190. The van der Waals surface area contributed by atoms with E-state index in [0.717, 1.165) is 56.4 Å². The molecule has 2 fully saturated rings. The van der Waals surface area contributed by atoms with Crippen molar-refractivity contribution in [3.05, 3.63) is 69.7 Å². The second kappa shape index (κ2) is 13.4. The zero-order valence-electron chi connectivity index (χ0n) is 24.7. The molecule has 9 heteroatoms. The lowest BCUT2D eigenvalue weighted by Crippen LogP contribution is -2.51. The van der Waals surface area contributed by atoms with Crippen molar-refractivity contribution in [2.24, 2.45) is 11.1 Å². The number of nitrogens with one attached hydrogen (secondary N) is 3. The van der Waals surface area contributed by atoms with Crippen molar-refractivity contribution in [1.29, 1.82) is 0 Å². The van der Waals surface area contributed by atoms with Gasteiger partial charge in [-0.25, -0.2) is 0 Å². The molecule has 0 spiro atoms. The lowest BCUT2D eigenvalue weighted by Gasteiger charge is -2.39. The van der Waals surface area contributed by atoms with Gasteiger partial charge in [0.05, 0.1) is 11.6 Å². The van der Waals surface area contributed by atoms with E-state index in [1.54, 1.807) is 6.92 Å². The molecule has 2 aromatic rings. The van der Waals surface area contributed by atoms with Crippen molar-refractivity contribution in [3.63, 3.8) is 0 Å². The maximum absolute atomic E-state index is 13.8. The first kappa shape index (κ1) is 31.8. The van der Waals surface area contributed by atoms with Gasteiger partial charge in [0.25, 0.3) is 0 Å². The summed E-state index contributed by atoms with van der Waals surface area (Å²) >= 11 is 12.7. The van der Waals surface area contributed by atoms with Gasteiger partial charge in [-0.05, 0) is 73.0 Å². The van der Waals surface area contributed by atoms with Gasteiger partial charge in [-0.2, -0.15) is 0 Å². The van der Waals surface area contributed by atoms with E-state index < -0.39 is 11.6 Å². The number of piperidine rings is 1. The van der Waals surface area contributed by atoms with Crippen LogP contribution in [0.25, 0.3) is 0 Å². The second-order valence-electron chi connectivity index (χ2n) is 12.8. The molecule has 0 unspecified atom stereocenters. The maximum atomic E-state index is 13.8. The Morgan fingerprint density at radius 3 is 2.34 bits per heavy atom. The van der Waals surface area contributed by atoms with Crippen LogP contribution in [0, 0.1) is 5.41 Å². The van der Waals surface area contributed by atoms with Crippen molar-refractivity contribution >= 4 is 35.0 Å². The van der Waals surface area contributed by atoms with Crippen LogP contribution in [0.4, 0.5) is 0 Å². The largest absolute Gasteiger partial charge is 0.355 e. The van der Waals surface area contributed by atoms with E-state index in [2.05, 4.69) is 36.7 Å². The van der Waals surface area contributed by atoms with E-state index >= 15 is 0 Å². The number of rotatable bonds is 9. The number of nitrogens with two attached hydrogens (primary N) is 1. The number of amides is 2. The molecule has 2 aromatic carbocycles. The predicted molar refractivity (Wildman–Crippen MR) is 167 cm³/mol. The minimum atomic E-state index is -0.874. The SMILES string of the molecule is CC(=O)N1CCC(NCCCNC(=O)[C@@H]2N[C@@H](CC(C)(C)C)[C@](N)(c3ccc(Cl)cc3)[C@H]2c2cccc(Cl)c2)CC1. The van der Waals surface area contributed by atoms with Crippen LogP contribution in [0.15, 0.2) is 48.5 Å². The molecule has 7 nitrogen and oxygen atoms in total. The van der Waals surface area contributed by atoms with E-state index in [1.807, 2.05) is 53.4 Å². The predicted octanol–water partition coefficient (Wildman–Crippen LogP) is 4.81. The van der Waals surface area contributed by atoms with Crippen molar-refractivity contribution in [2.75, 3.05) is 26.2 Å². The zero-order chi connectivity index (χ0) is 29.8. The molecule has 2 aliphatic heterocycles. The fraction of sp³-hybridized carbons (Fsp3) is 0.562. The summed E-state index contributed by atoms with van der Waals surface area (Å²) in [6, 6.07) is 15.1. The number of carbonyl (C=O) groups is 2. The third-order valence-corrected chi connectivity index (χ3v) is 8.97. The first-order valence-corrected chi connectivity index (χ1v) is 15.5. The normalized spacial score (nSPS) is 25.3. The van der Waals surface area contributed by atoms with Gasteiger partial charge < -0.3 is 26.6 Å². The van der Waals surface area contributed by atoms with Gasteiger partial charge in [0, 0.05) is 54.6 Å². The Hall–Kier alpha value is -2.16. The summed E-state index contributed by atoms with van der Waals surface area (Å²) in [6.07, 6.45) is 3.50. The lowest BCUT2D eigenvalue weighted by atomic mass is 9.68. The zero-order valence-corrected chi connectivity index (χ0v) is 26.2. The van der Waals surface area contributed by atoms with Crippen LogP contribution in [0.1, 0.15) is 70.4 Å². The van der Waals surface area contributed by atoms with E-state index in [1.165, 1.54) is 0 Å². The molecule has 0 radical (unpaired) electrons. The molecule has 2 heterocycles. The highest BCUT2D eigenvalue weighted by molar-refractivity contribution is 6.30. The Balaban J connectivity index is 1.49. The van der Waals surface area contributed by atoms with E-state index in [0.29, 0.717) is 22.6 Å². The Morgan fingerprint density at radius 2 is 1.73 bits per heavy atom. The van der Waals surface area contributed by atoms with E-state index in [4.69, 9.17) is 28.9 Å². The molecule has 2 aliphatic rings. The summed E-state index contributed by atoms with van der Waals surface area (Å²) in [7, 11) is 0. The first-order valence-electron chi connectivity index (χ1n) is 14.7. The molecule has 41 heavy (non-hydrogen) atoms. The minimum absolute atomic E-state index is 0.0226. The number of benzene rings is 2. The number of halogens is 2. The minimum Gasteiger partial charge on any atom is -0.355 e. The standard InChI is InChI=1S/C32H45Cl2N5O2/c1-21(40)39-17-13-26(14-18-39)36-15-6-16-37-30(41)29-28(22-7-5-8-25(34)19-22)32(35,23-9-11-24(33)12-10-23)27(38-29)20-31(2,3)4/h5,7-12,19,26-29,36,38H,6,13-18,20,35H2,1-4H3,(H,37,41)/t27-,28-,29+,32+/m0/s1. The topological polar surface area (TPSA) is 99.5 Å². The maximum Gasteiger partial charge on any atom is 0.237 e. The Labute approximate surface area is 254 Å². The van der Waals surface area contributed by atoms with Crippen LogP contribution in [-0.4, -0.2) is 61.0 Å². The van der Waals surface area contributed by atoms with Gasteiger partial charge in [0.1, 0.15) is 0 Å². The summed E-state index contributed by atoms with van der Waals surface area (Å²) in [4.78, 5) is 27.3. The highest BCUT2D eigenvalue weighted by Crippen LogP contribution is 2.48. The summed E-state index contributed by atoms with van der Waals surface area (Å²) in [5, 5.41) is 11.7. The molecule has 0 bridgehead atoms. The van der Waals surface area contributed by atoms with Crippen LogP contribution in [0.5, 0.6) is 0 Å². The molecule has 0 aromatic heterocycles. The lowest BCUT2D eigenvalue weighted by molar-refractivity contribution is -0.130. The van der Waals surface area contributed by atoms with Gasteiger partial charge in [-0.1, -0.05) is 68.2 Å². The molecule has 0 aliphatic carbocycles. The summed E-state index contributed by atoms with van der Waals surface area (Å²) in [6.45, 7) is 11.2. The highest BCUT2D eigenvalue weighted by atomic mass is 35.5. The molecule has 224 valence electrons. The van der Waals surface area contributed by atoms with Gasteiger partial charge in [0.15, 0.2) is 0 Å². The molecule has 4 rings (SSSR count). The quantitative estimate of drug-likeness (QED) is 0.309. The van der Waals surface area contributed by atoms with Gasteiger partial charge in [-0.15, -0.1) is 0 Å². The van der Waals surface area contributed by atoms with Crippen molar-refractivity contribution in [1.82, 2.24) is 20.9 Å². The number of hydrogen-bond acceptors (Lipinski definition) is 5. The van der Waals surface area contributed by atoms with E-state index in [-0.39, 0.29) is 29.2 Å². The first-order chi connectivity index (χ1) is 19.4. The number of carbonyl (C=O) groups excluding carboxylic acids is 2. The van der Waals surface area contributed by atoms with Crippen molar-refractivity contribution < 1.29 is 9.59 Å². The van der Waals surface area contributed by atoms with Crippen LogP contribution in [-0.2, 0) is 15.1 Å². The monoisotopic (exact) mass is 601 g/mol. The summed E-state index contributed by atoms with van der Waals surface area (Å²) in [5.41, 5.74) is 8.43. The fourth-order valence-corrected chi connectivity index (χ4v) is 6.74. The number of nitrogens with zero attached hydrogens (tertiary/aromatic N) is 1. The smallest absolute Gasteiger partial charge is 0.237 e. The molecular formula is C32H45Cl2N5O2. The Morgan fingerprint density at radius 1 is 1.05 bits per heavy atom. The van der Waals surface area contributed by atoms with Gasteiger partial charge in [0.2, 0.25) is 11.8 Å². The average molecular weight is 603 g/mol. The number of hydrogen-bond donors (Lipinski definition) is 4. The molecule has 5 N–H and O–H groups in total. The van der Waals surface area contributed by atoms with Crippen LogP contribution in [0.3, 0.4) is 0 Å². The van der Waals surface area contributed by atoms with Gasteiger partial charge >= 0.3 is 0 Å². The summed E-state index contributed by atoms with van der Waals surface area (Å²) < 4.78 is 0. The third-order valence-electron chi connectivity index (χ3n) is 8.48. The van der Waals surface area contributed by atoms with Crippen LogP contribution >= 0.6 is 23.2 Å². The average Bonchev–Trinajstić information content (AvgIpc) is 3.20. The van der Waals surface area contributed by atoms with E-state index in [9.17, 15) is 9.59 Å². The molecule has 0 saturated carbocycles. The molecular weight excluding hydrogens is 557 g/mol. The second-order valence-corrected chi connectivity index (χ2v) is 13.7. The van der Waals surface area contributed by atoms with Crippen molar-refractivity contribution in [3.8, 4) is 0 Å².